The van der Waals surface area contributed by atoms with Gasteiger partial charge in [0.15, 0.2) is 0 Å². The maximum atomic E-state index is 13.2. The van der Waals surface area contributed by atoms with Gasteiger partial charge in [-0.15, -0.1) is 0 Å². The zero-order chi connectivity index (χ0) is 18.8. The summed E-state index contributed by atoms with van der Waals surface area (Å²) in [5.74, 6) is 0.0775. The van der Waals surface area contributed by atoms with Gasteiger partial charge in [-0.3, -0.25) is 4.79 Å². The lowest BCUT2D eigenvalue weighted by Gasteiger charge is -2.38. The fourth-order valence-electron chi connectivity index (χ4n) is 4.26. The van der Waals surface area contributed by atoms with Crippen molar-refractivity contribution in [2.45, 2.75) is 31.7 Å². The van der Waals surface area contributed by atoms with Gasteiger partial charge in [0, 0.05) is 17.4 Å². The maximum absolute atomic E-state index is 13.2. The van der Waals surface area contributed by atoms with Crippen molar-refractivity contribution in [3.05, 3.63) is 59.2 Å². The van der Waals surface area contributed by atoms with E-state index in [1.165, 1.54) is 5.56 Å². The van der Waals surface area contributed by atoms with Crippen LogP contribution in [0.15, 0.2) is 53.7 Å². The van der Waals surface area contributed by atoms with Gasteiger partial charge in [0.05, 0.1) is 17.7 Å². The normalized spacial score (nSPS) is 28.7. The number of hydrogen-bond donors (Lipinski definition) is 0. The molecule has 1 amide bonds. The first-order valence-corrected chi connectivity index (χ1v) is 10.2. The van der Waals surface area contributed by atoms with Crippen molar-refractivity contribution in [2.24, 2.45) is 16.9 Å². The highest BCUT2D eigenvalue weighted by atomic mass is 35.5. The zero-order valence-electron chi connectivity index (χ0n) is 15.7. The van der Waals surface area contributed by atoms with Gasteiger partial charge in [-0.05, 0) is 57.1 Å². The van der Waals surface area contributed by atoms with Crippen molar-refractivity contribution in [3.8, 4) is 0 Å². The minimum atomic E-state index is -0.129. The predicted octanol–water partition coefficient (Wildman–Crippen LogP) is 3.92. The Morgan fingerprint density at radius 2 is 1.81 bits per heavy atom. The summed E-state index contributed by atoms with van der Waals surface area (Å²) in [6.45, 7) is 2.11. The number of carbonyl (C=O) groups excluding carboxylic acids is 1. The van der Waals surface area contributed by atoms with Crippen LogP contribution in [-0.4, -0.2) is 47.7 Å². The van der Waals surface area contributed by atoms with E-state index < -0.39 is 0 Å². The maximum Gasteiger partial charge on any atom is 0.250 e. The van der Waals surface area contributed by atoms with Gasteiger partial charge in [0.25, 0.3) is 5.91 Å². The zero-order valence-corrected chi connectivity index (χ0v) is 16.5. The first-order valence-electron chi connectivity index (χ1n) is 9.80. The molecule has 4 rings (SSSR count). The summed E-state index contributed by atoms with van der Waals surface area (Å²) in [4.78, 5) is 15.5. The molecule has 0 aromatic heterocycles. The molecule has 2 aliphatic heterocycles. The van der Waals surface area contributed by atoms with Crippen LogP contribution in [0.4, 0.5) is 0 Å². The second-order valence-corrected chi connectivity index (χ2v) is 8.22. The summed E-state index contributed by atoms with van der Waals surface area (Å²) in [5, 5.41) is 7.47. The molecule has 0 saturated carbocycles. The molecule has 0 bridgehead atoms. The topological polar surface area (TPSA) is 35.9 Å². The van der Waals surface area contributed by atoms with Gasteiger partial charge < -0.3 is 4.90 Å². The Kier molecular flexibility index (Phi) is 5.46. The molecule has 1 fully saturated rings. The Bertz CT molecular complexity index is 783. The van der Waals surface area contributed by atoms with E-state index in [0.717, 1.165) is 49.5 Å². The highest BCUT2D eigenvalue weighted by Crippen LogP contribution is 2.32. The van der Waals surface area contributed by atoms with Crippen LogP contribution < -0.4 is 0 Å². The highest BCUT2D eigenvalue weighted by molar-refractivity contribution is 6.30. The molecule has 1 aromatic carbocycles. The van der Waals surface area contributed by atoms with Crippen LogP contribution in [0.1, 0.15) is 24.8 Å². The van der Waals surface area contributed by atoms with Crippen molar-refractivity contribution < 1.29 is 4.79 Å². The minimum Gasteiger partial charge on any atom is -0.306 e. The van der Waals surface area contributed by atoms with E-state index in [1.807, 2.05) is 47.5 Å². The fraction of sp³-hybridized carbons (Fsp3) is 0.455. The van der Waals surface area contributed by atoms with Crippen molar-refractivity contribution >= 4 is 23.2 Å². The summed E-state index contributed by atoms with van der Waals surface area (Å²) in [6.07, 6.45) is 12.0. The van der Waals surface area contributed by atoms with E-state index in [2.05, 4.69) is 18.0 Å². The van der Waals surface area contributed by atoms with Crippen molar-refractivity contribution in [3.63, 3.8) is 0 Å². The fourth-order valence-corrected chi connectivity index (χ4v) is 4.39. The quantitative estimate of drug-likeness (QED) is 0.793. The van der Waals surface area contributed by atoms with Crippen LogP contribution >= 0.6 is 11.6 Å². The Balaban J connectivity index is 1.63. The van der Waals surface area contributed by atoms with Gasteiger partial charge in [-0.1, -0.05) is 48.0 Å². The van der Waals surface area contributed by atoms with Crippen LogP contribution in [0.2, 0.25) is 5.02 Å². The van der Waals surface area contributed by atoms with Crippen LogP contribution in [-0.2, 0) is 11.2 Å². The van der Waals surface area contributed by atoms with Crippen LogP contribution in [0.25, 0.3) is 0 Å². The highest BCUT2D eigenvalue weighted by Gasteiger charge is 2.40. The molecule has 1 aromatic rings. The van der Waals surface area contributed by atoms with Gasteiger partial charge in [0.2, 0.25) is 0 Å². The third-order valence-electron chi connectivity index (χ3n) is 5.83. The summed E-state index contributed by atoms with van der Waals surface area (Å²) >= 11 is 6.03. The number of benzene rings is 1. The van der Waals surface area contributed by atoms with Gasteiger partial charge in [-0.2, -0.15) is 5.10 Å². The second kappa shape index (κ2) is 7.99. The van der Waals surface area contributed by atoms with E-state index in [4.69, 9.17) is 16.7 Å². The number of halogens is 1. The smallest absolute Gasteiger partial charge is 0.250 e. The molecule has 0 spiro atoms. The first kappa shape index (κ1) is 18.5. The Morgan fingerprint density at radius 3 is 2.59 bits per heavy atom. The number of nitrogens with zero attached hydrogens (tertiary/aromatic N) is 3. The van der Waals surface area contributed by atoms with Crippen LogP contribution in [0.3, 0.4) is 0 Å². The molecule has 3 unspecified atom stereocenters. The molecular formula is C22H26ClN3O. The average Bonchev–Trinajstić information content (AvgIpc) is 2.90. The van der Waals surface area contributed by atoms with Crippen LogP contribution in [0, 0.1) is 11.8 Å². The predicted molar refractivity (Wildman–Crippen MR) is 110 cm³/mol. The number of fused-ring (bicyclic) bond motifs is 1. The van der Waals surface area contributed by atoms with Crippen molar-refractivity contribution in [2.75, 3.05) is 20.1 Å². The standard InChI is InChI=1S/C22H26ClN3O/c1-25-13-4-5-18(12-14-25)26-22(27)20-7-3-2-6-19(20)21(24-26)15-16-8-10-17(23)11-9-16/h2-3,6-11,18-20H,4-5,12-15H2,1H3. The molecule has 1 saturated heterocycles. The molecule has 27 heavy (non-hydrogen) atoms. The lowest BCUT2D eigenvalue weighted by molar-refractivity contribution is -0.138. The molecule has 0 radical (unpaired) electrons. The van der Waals surface area contributed by atoms with E-state index in [9.17, 15) is 4.79 Å². The molecule has 142 valence electrons. The molecule has 3 atom stereocenters. The molecule has 0 N–H and O–H groups in total. The number of rotatable bonds is 3. The van der Waals surface area contributed by atoms with Gasteiger partial charge >= 0.3 is 0 Å². The number of likely N-dealkylation sites (tertiary alicyclic amines) is 1. The monoisotopic (exact) mass is 383 g/mol. The number of carbonyl (C=O) groups is 1. The van der Waals surface area contributed by atoms with Gasteiger partial charge in [0.1, 0.15) is 0 Å². The summed E-state index contributed by atoms with van der Waals surface area (Å²) in [6, 6.07) is 8.12. The Morgan fingerprint density at radius 1 is 1.07 bits per heavy atom. The molecule has 1 aliphatic carbocycles. The van der Waals surface area contributed by atoms with Crippen molar-refractivity contribution in [1.82, 2.24) is 9.91 Å². The number of hydrogen-bond acceptors (Lipinski definition) is 3. The molecular weight excluding hydrogens is 358 g/mol. The average molecular weight is 384 g/mol. The van der Waals surface area contributed by atoms with Crippen LogP contribution in [0.5, 0.6) is 0 Å². The van der Waals surface area contributed by atoms with E-state index in [0.29, 0.717) is 0 Å². The first-order chi connectivity index (χ1) is 13.1. The molecule has 5 heteroatoms. The molecule has 2 heterocycles. The van der Waals surface area contributed by atoms with Crippen molar-refractivity contribution in [1.29, 1.82) is 0 Å². The SMILES string of the molecule is CN1CCCC(N2N=C(Cc3ccc(Cl)cc3)C3C=CC=CC3C2=O)CC1. The largest absolute Gasteiger partial charge is 0.306 e. The third-order valence-corrected chi connectivity index (χ3v) is 6.08. The third kappa shape index (κ3) is 4.02. The number of allylic oxidation sites excluding steroid dienone is 3. The second-order valence-electron chi connectivity index (χ2n) is 7.79. The lowest BCUT2D eigenvalue weighted by atomic mass is 9.80. The summed E-state index contributed by atoms with van der Waals surface area (Å²) in [7, 11) is 2.15. The van der Waals surface area contributed by atoms with E-state index in [1.54, 1.807) is 0 Å². The number of hydrazone groups is 1. The number of amides is 1. The lowest BCUT2D eigenvalue weighted by Crippen LogP contribution is -2.48. The molecule has 3 aliphatic rings. The molecule has 4 nitrogen and oxygen atoms in total. The summed E-state index contributed by atoms with van der Waals surface area (Å²) < 4.78 is 0. The Labute approximate surface area is 166 Å². The van der Waals surface area contributed by atoms with E-state index >= 15 is 0 Å². The minimum absolute atomic E-state index is 0.0582. The summed E-state index contributed by atoms with van der Waals surface area (Å²) in [5.41, 5.74) is 2.25. The van der Waals surface area contributed by atoms with E-state index in [-0.39, 0.29) is 23.8 Å². The Hall–Kier alpha value is -1.91. The van der Waals surface area contributed by atoms with Gasteiger partial charge in [-0.25, -0.2) is 5.01 Å².